The van der Waals surface area contributed by atoms with Crippen molar-refractivity contribution in [1.82, 2.24) is 16.0 Å². The second-order valence-electron chi connectivity index (χ2n) is 7.39. The molecule has 0 aliphatic carbocycles. The first-order valence-corrected chi connectivity index (χ1v) is 10.0. The maximum absolute atomic E-state index is 12.5. The summed E-state index contributed by atoms with van der Waals surface area (Å²) >= 11 is 0. The van der Waals surface area contributed by atoms with Gasteiger partial charge in [0.2, 0.25) is 23.6 Å². The van der Waals surface area contributed by atoms with Crippen LogP contribution in [0.5, 0.6) is 5.75 Å². The number of aromatic hydroxyl groups is 1. The molecule has 0 heterocycles. The van der Waals surface area contributed by atoms with Crippen LogP contribution in [0.25, 0.3) is 0 Å². The SMILES string of the molecule is CC(O)C(NC(=O)CNC(=O)C(CCC(N)=O)NC(=O)C(N)Cc1ccc(O)cc1)C(=O)O. The van der Waals surface area contributed by atoms with Gasteiger partial charge in [0.25, 0.3) is 0 Å². The number of phenolic OH excluding ortho intramolecular Hbond substituents is 1. The molecular weight excluding hydrogens is 438 g/mol. The number of carbonyl (C=O) groups is 5. The fraction of sp³-hybridized carbons (Fsp3) is 0.450. The number of carbonyl (C=O) groups excluding carboxylic acids is 4. The highest BCUT2D eigenvalue weighted by atomic mass is 16.4. The van der Waals surface area contributed by atoms with Crippen LogP contribution in [0.15, 0.2) is 24.3 Å². The molecule has 4 unspecified atom stereocenters. The van der Waals surface area contributed by atoms with E-state index in [2.05, 4.69) is 10.6 Å². The van der Waals surface area contributed by atoms with E-state index in [0.717, 1.165) is 0 Å². The molecule has 0 fully saturated rings. The van der Waals surface area contributed by atoms with Crippen molar-refractivity contribution in [2.24, 2.45) is 11.5 Å². The number of rotatable bonds is 13. The van der Waals surface area contributed by atoms with Crippen molar-refractivity contribution in [2.45, 2.75) is 50.4 Å². The van der Waals surface area contributed by atoms with Crippen molar-refractivity contribution in [3.05, 3.63) is 29.8 Å². The molecule has 182 valence electrons. The zero-order chi connectivity index (χ0) is 25.1. The summed E-state index contributed by atoms with van der Waals surface area (Å²) < 4.78 is 0. The second-order valence-corrected chi connectivity index (χ2v) is 7.39. The van der Waals surface area contributed by atoms with E-state index in [-0.39, 0.29) is 25.0 Å². The van der Waals surface area contributed by atoms with E-state index in [0.29, 0.717) is 5.56 Å². The maximum atomic E-state index is 12.5. The van der Waals surface area contributed by atoms with Crippen LogP contribution in [0, 0.1) is 0 Å². The molecule has 1 rings (SSSR count). The van der Waals surface area contributed by atoms with Crippen LogP contribution in [0.3, 0.4) is 0 Å². The number of aliphatic hydroxyl groups is 1. The Hall–Kier alpha value is -3.71. The summed E-state index contributed by atoms with van der Waals surface area (Å²) in [5.74, 6) is -4.53. The Morgan fingerprint density at radius 3 is 2.15 bits per heavy atom. The van der Waals surface area contributed by atoms with Crippen LogP contribution in [-0.4, -0.2) is 75.7 Å². The Bertz CT molecular complexity index is 859. The van der Waals surface area contributed by atoms with E-state index in [1.165, 1.54) is 19.1 Å². The average Bonchev–Trinajstić information content (AvgIpc) is 2.73. The third kappa shape index (κ3) is 9.97. The van der Waals surface area contributed by atoms with E-state index < -0.39 is 60.4 Å². The Balaban J connectivity index is 2.72. The Labute approximate surface area is 189 Å². The molecule has 4 amide bonds. The summed E-state index contributed by atoms with van der Waals surface area (Å²) in [6, 6.07) is 2.16. The number of carboxylic acids is 1. The summed E-state index contributed by atoms with van der Waals surface area (Å²) in [4.78, 5) is 59.0. The molecule has 33 heavy (non-hydrogen) atoms. The smallest absolute Gasteiger partial charge is 0.328 e. The number of hydrogen-bond donors (Lipinski definition) is 8. The predicted molar refractivity (Wildman–Crippen MR) is 114 cm³/mol. The van der Waals surface area contributed by atoms with Gasteiger partial charge >= 0.3 is 5.97 Å². The topological polar surface area (TPSA) is 234 Å². The van der Waals surface area contributed by atoms with Crippen LogP contribution < -0.4 is 27.4 Å². The van der Waals surface area contributed by atoms with Gasteiger partial charge in [-0.25, -0.2) is 4.79 Å². The highest BCUT2D eigenvalue weighted by Crippen LogP contribution is 2.11. The summed E-state index contributed by atoms with van der Waals surface area (Å²) in [6.45, 7) is 0.534. The van der Waals surface area contributed by atoms with Gasteiger partial charge in [0, 0.05) is 6.42 Å². The van der Waals surface area contributed by atoms with Gasteiger partial charge in [-0.15, -0.1) is 0 Å². The minimum atomic E-state index is -1.57. The Kier molecular flexibility index (Phi) is 10.7. The largest absolute Gasteiger partial charge is 0.508 e. The first-order valence-electron chi connectivity index (χ1n) is 10.0. The van der Waals surface area contributed by atoms with E-state index in [1.54, 1.807) is 12.1 Å². The van der Waals surface area contributed by atoms with Gasteiger partial charge in [-0.2, -0.15) is 0 Å². The third-order valence-electron chi connectivity index (χ3n) is 4.53. The first-order chi connectivity index (χ1) is 15.4. The lowest BCUT2D eigenvalue weighted by Crippen LogP contribution is -2.54. The standard InChI is InChI=1S/C20H29N5O8/c1-10(26)17(20(32)33)25-16(29)9-23-19(31)14(6-7-15(22)28)24-18(30)13(21)8-11-2-4-12(27)5-3-11/h2-5,10,13-14,17,26-27H,6-9,21H2,1H3,(H2,22,28)(H,23,31)(H,24,30)(H,25,29)(H,32,33). The summed E-state index contributed by atoms with van der Waals surface area (Å²) in [5.41, 5.74) is 11.7. The number of hydrogen-bond acceptors (Lipinski definition) is 8. The molecule has 0 radical (unpaired) electrons. The van der Waals surface area contributed by atoms with Crippen molar-refractivity contribution >= 4 is 29.6 Å². The highest BCUT2D eigenvalue weighted by molar-refractivity contribution is 5.93. The third-order valence-corrected chi connectivity index (χ3v) is 4.53. The van der Waals surface area contributed by atoms with Crippen LogP contribution in [0.1, 0.15) is 25.3 Å². The Morgan fingerprint density at radius 2 is 1.64 bits per heavy atom. The quantitative estimate of drug-likeness (QED) is 0.148. The number of benzene rings is 1. The lowest BCUT2D eigenvalue weighted by molar-refractivity contribution is -0.144. The van der Waals surface area contributed by atoms with E-state index in [1.807, 2.05) is 5.32 Å². The number of phenols is 1. The molecule has 0 saturated carbocycles. The number of primary amides is 1. The second kappa shape index (κ2) is 13.0. The summed E-state index contributed by atoms with van der Waals surface area (Å²) in [7, 11) is 0. The summed E-state index contributed by atoms with van der Waals surface area (Å²) in [6.07, 6.45) is -1.67. The van der Waals surface area contributed by atoms with Crippen molar-refractivity contribution < 1.29 is 39.3 Å². The minimum Gasteiger partial charge on any atom is -0.508 e. The maximum Gasteiger partial charge on any atom is 0.328 e. The lowest BCUT2D eigenvalue weighted by Gasteiger charge is -2.21. The number of aliphatic carboxylic acids is 1. The molecule has 0 aromatic heterocycles. The number of nitrogens with two attached hydrogens (primary N) is 2. The number of aliphatic hydroxyl groups excluding tert-OH is 1. The first kappa shape index (κ1) is 27.3. The van der Waals surface area contributed by atoms with Gasteiger partial charge in [0.15, 0.2) is 6.04 Å². The Morgan fingerprint density at radius 1 is 1.03 bits per heavy atom. The van der Waals surface area contributed by atoms with E-state index in [4.69, 9.17) is 16.6 Å². The van der Waals surface area contributed by atoms with E-state index >= 15 is 0 Å². The number of amides is 4. The molecule has 4 atom stereocenters. The highest BCUT2D eigenvalue weighted by Gasteiger charge is 2.27. The molecule has 0 spiro atoms. The molecule has 1 aromatic carbocycles. The van der Waals surface area contributed by atoms with Gasteiger partial charge in [-0.3, -0.25) is 19.2 Å². The predicted octanol–water partition coefficient (Wildman–Crippen LogP) is -2.92. The molecule has 0 aliphatic rings. The summed E-state index contributed by atoms with van der Waals surface area (Å²) in [5, 5.41) is 34.4. The van der Waals surface area contributed by atoms with Crippen molar-refractivity contribution in [2.75, 3.05) is 6.54 Å². The van der Waals surface area contributed by atoms with Crippen molar-refractivity contribution in [3.63, 3.8) is 0 Å². The molecule has 0 bridgehead atoms. The molecule has 0 aliphatic heterocycles. The monoisotopic (exact) mass is 467 g/mol. The zero-order valence-corrected chi connectivity index (χ0v) is 18.0. The van der Waals surface area contributed by atoms with Gasteiger partial charge in [-0.1, -0.05) is 12.1 Å². The lowest BCUT2D eigenvalue weighted by atomic mass is 10.0. The minimum absolute atomic E-state index is 0.0483. The van der Waals surface area contributed by atoms with Crippen molar-refractivity contribution in [3.8, 4) is 5.75 Å². The zero-order valence-electron chi connectivity index (χ0n) is 18.0. The molecule has 0 saturated heterocycles. The van der Waals surface area contributed by atoms with Crippen molar-refractivity contribution in [1.29, 1.82) is 0 Å². The molecule has 13 nitrogen and oxygen atoms in total. The molecule has 13 heteroatoms. The fourth-order valence-corrected chi connectivity index (χ4v) is 2.72. The molecule has 1 aromatic rings. The van der Waals surface area contributed by atoms with Gasteiger partial charge < -0.3 is 42.7 Å². The number of nitrogens with one attached hydrogen (secondary N) is 3. The molecular formula is C20H29N5O8. The van der Waals surface area contributed by atoms with Gasteiger partial charge in [-0.05, 0) is 37.5 Å². The van der Waals surface area contributed by atoms with Crippen LogP contribution >= 0.6 is 0 Å². The van der Waals surface area contributed by atoms with Crippen LogP contribution in [-0.2, 0) is 30.4 Å². The fourth-order valence-electron chi connectivity index (χ4n) is 2.72. The van der Waals surface area contributed by atoms with Crippen LogP contribution in [0.4, 0.5) is 0 Å². The van der Waals surface area contributed by atoms with Gasteiger partial charge in [0.05, 0.1) is 18.7 Å². The van der Waals surface area contributed by atoms with Gasteiger partial charge in [0.1, 0.15) is 11.8 Å². The van der Waals surface area contributed by atoms with Crippen LogP contribution in [0.2, 0.25) is 0 Å². The van der Waals surface area contributed by atoms with E-state index in [9.17, 15) is 34.2 Å². The average molecular weight is 467 g/mol. The normalized spacial score (nSPS) is 14.3. The number of carboxylic acid groups (broad SMARTS) is 1. The molecule has 10 N–H and O–H groups in total.